The first kappa shape index (κ1) is 13.3. The number of rotatable bonds is 5. The zero-order valence-electron chi connectivity index (χ0n) is 11.3. The first-order valence-electron chi connectivity index (χ1n) is 6.68. The van der Waals surface area contributed by atoms with Crippen LogP contribution in [0.25, 0.3) is 0 Å². The van der Waals surface area contributed by atoms with Crippen molar-refractivity contribution in [1.29, 1.82) is 0 Å². The summed E-state index contributed by atoms with van der Waals surface area (Å²) in [6.07, 6.45) is 6.26. The Morgan fingerprint density at radius 2 is 2.17 bits per heavy atom. The number of aromatic nitrogens is 1. The summed E-state index contributed by atoms with van der Waals surface area (Å²) in [6.45, 7) is 5.27. The maximum absolute atomic E-state index is 12.0. The third-order valence-electron chi connectivity index (χ3n) is 3.46. The van der Waals surface area contributed by atoms with E-state index in [9.17, 15) is 4.79 Å². The molecule has 0 amide bonds. The van der Waals surface area contributed by atoms with E-state index >= 15 is 0 Å². The van der Waals surface area contributed by atoms with Crippen molar-refractivity contribution in [1.82, 2.24) is 9.47 Å². The molecule has 4 heteroatoms. The van der Waals surface area contributed by atoms with Crippen molar-refractivity contribution in [2.24, 2.45) is 7.05 Å². The second-order valence-electron chi connectivity index (χ2n) is 4.92. The molecule has 2 heterocycles. The topological polar surface area (TPSA) is 34.5 Å². The highest BCUT2D eigenvalue weighted by Gasteiger charge is 2.21. The fourth-order valence-corrected chi connectivity index (χ4v) is 2.43. The van der Waals surface area contributed by atoms with Crippen LogP contribution in [0.15, 0.2) is 18.5 Å². The maximum atomic E-state index is 12.0. The highest BCUT2D eigenvalue weighted by Crippen LogP contribution is 2.14. The lowest BCUT2D eigenvalue weighted by atomic mass is 10.1. The largest absolute Gasteiger partial charge is 0.378 e. The fourth-order valence-electron chi connectivity index (χ4n) is 2.43. The number of carbonyl (C=O) groups excluding carboxylic acids is 1. The van der Waals surface area contributed by atoms with Gasteiger partial charge in [0.1, 0.15) is 0 Å². The van der Waals surface area contributed by atoms with Crippen molar-refractivity contribution in [2.75, 3.05) is 26.2 Å². The lowest BCUT2D eigenvalue weighted by Crippen LogP contribution is -2.39. The number of carbonyl (C=O) groups is 1. The summed E-state index contributed by atoms with van der Waals surface area (Å²) in [6, 6.07) is 1.88. The van der Waals surface area contributed by atoms with E-state index in [4.69, 9.17) is 4.74 Å². The molecule has 0 spiro atoms. The van der Waals surface area contributed by atoms with Crippen LogP contribution >= 0.6 is 0 Å². The van der Waals surface area contributed by atoms with Crippen molar-refractivity contribution >= 4 is 5.78 Å². The molecule has 0 saturated carbocycles. The number of ether oxygens (including phenoxy) is 1. The highest BCUT2D eigenvalue weighted by atomic mass is 16.5. The summed E-state index contributed by atoms with van der Waals surface area (Å²) in [5.41, 5.74) is 0.810. The summed E-state index contributed by atoms with van der Waals surface area (Å²) in [4.78, 5) is 14.3. The molecule has 1 saturated heterocycles. The molecule has 0 unspecified atom stereocenters. The van der Waals surface area contributed by atoms with Crippen LogP contribution in [-0.2, 0) is 11.8 Å². The van der Waals surface area contributed by atoms with Gasteiger partial charge in [0.05, 0.1) is 12.6 Å². The molecule has 1 aliphatic heterocycles. The quantitative estimate of drug-likeness (QED) is 0.746. The average Bonchev–Trinajstić information content (AvgIpc) is 2.79. The van der Waals surface area contributed by atoms with Gasteiger partial charge in [-0.1, -0.05) is 0 Å². The van der Waals surface area contributed by atoms with Crippen LogP contribution in [-0.4, -0.2) is 47.6 Å². The molecule has 1 aliphatic rings. The molecular formula is C14H22N2O2. The molecule has 1 aromatic heterocycles. The third kappa shape index (κ3) is 3.43. The number of hydrogen-bond donors (Lipinski definition) is 0. The molecule has 0 bridgehead atoms. The van der Waals surface area contributed by atoms with Crippen LogP contribution in [0.1, 0.15) is 30.1 Å². The summed E-state index contributed by atoms with van der Waals surface area (Å²) in [5.74, 6) is 0.213. The first-order valence-corrected chi connectivity index (χ1v) is 6.68. The lowest BCUT2D eigenvalue weighted by molar-refractivity contribution is 0.0147. The van der Waals surface area contributed by atoms with Crippen LogP contribution in [0.3, 0.4) is 0 Å². The molecule has 0 aliphatic carbocycles. The van der Waals surface area contributed by atoms with Crippen LogP contribution in [0.2, 0.25) is 0 Å². The molecule has 1 aromatic rings. The van der Waals surface area contributed by atoms with Gasteiger partial charge >= 0.3 is 0 Å². The van der Waals surface area contributed by atoms with Gasteiger partial charge in [0, 0.05) is 44.7 Å². The minimum atomic E-state index is 0.213. The molecule has 100 valence electrons. The number of aryl methyl sites for hydroxylation is 1. The molecular weight excluding hydrogens is 228 g/mol. The number of hydrogen-bond acceptors (Lipinski definition) is 3. The van der Waals surface area contributed by atoms with E-state index in [-0.39, 0.29) is 5.78 Å². The zero-order chi connectivity index (χ0) is 13.0. The predicted molar refractivity (Wildman–Crippen MR) is 70.8 cm³/mol. The van der Waals surface area contributed by atoms with Crippen molar-refractivity contribution in [3.05, 3.63) is 24.0 Å². The van der Waals surface area contributed by atoms with E-state index in [0.29, 0.717) is 12.6 Å². The Morgan fingerprint density at radius 1 is 1.44 bits per heavy atom. The third-order valence-corrected chi connectivity index (χ3v) is 3.46. The maximum Gasteiger partial charge on any atom is 0.178 e. The van der Waals surface area contributed by atoms with Crippen LogP contribution < -0.4 is 0 Å². The Kier molecular flexibility index (Phi) is 4.55. The standard InChI is InChI=1S/C14H22N2O2/c1-3-18-13-5-8-16(9-6-13)11-14(17)12-4-7-15(2)10-12/h4,7,10,13H,3,5-6,8-9,11H2,1-2H3. The summed E-state index contributed by atoms with van der Waals surface area (Å²) in [7, 11) is 1.93. The number of nitrogens with zero attached hydrogens (tertiary/aromatic N) is 2. The summed E-state index contributed by atoms with van der Waals surface area (Å²) in [5, 5.41) is 0. The van der Waals surface area contributed by atoms with Gasteiger partial charge in [-0.15, -0.1) is 0 Å². The SMILES string of the molecule is CCOC1CCN(CC(=O)c2ccn(C)c2)CC1. The summed E-state index contributed by atoms with van der Waals surface area (Å²) < 4.78 is 7.52. The van der Waals surface area contributed by atoms with Crippen molar-refractivity contribution in [2.45, 2.75) is 25.9 Å². The first-order chi connectivity index (χ1) is 8.69. The van der Waals surface area contributed by atoms with Gasteiger partial charge in [-0.25, -0.2) is 0 Å². The number of piperidine rings is 1. The van der Waals surface area contributed by atoms with Crippen LogP contribution in [0.5, 0.6) is 0 Å². The Bertz CT molecular complexity index is 392. The van der Waals surface area contributed by atoms with Gasteiger partial charge in [-0.2, -0.15) is 0 Å². The minimum Gasteiger partial charge on any atom is -0.378 e. The van der Waals surface area contributed by atoms with Gasteiger partial charge in [0.15, 0.2) is 5.78 Å². The Balaban J connectivity index is 1.79. The zero-order valence-corrected chi connectivity index (χ0v) is 11.3. The van der Waals surface area contributed by atoms with E-state index in [0.717, 1.165) is 38.1 Å². The molecule has 0 aromatic carbocycles. The minimum absolute atomic E-state index is 0.213. The second kappa shape index (κ2) is 6.16. The van der Waals surface area contributed by atoms with Crippen molar-refractivity contribution < 1.29 is 9.53 Å². The predicted octanol–water partition coefficient (Wildman–Crippen LogP) is 1.71. The molecule has 1 fully saturated rings. The van der Waals surface area contributed by atoms with E-state index in [1.165, 1.54) is 0 Å². The van der Waals surface area contributed by atoms with E-state index in [1.54, 1.807) is 0 Å². The van der Waals surface area contributed by atoms with Crippen molar-refractivity contribution in [3.63, 3.8) is 0 Å². The lowest BCUT2D eigenvalue weighted by Gasteiger charge is -2.31. The molecule has 18 heavy (non-hydrogen) atoms. The van der Waals surface area contributed by atoms with Gasteiger partial charge in [-0.05, 0) is 25.8 Å². The normalized spacial score (nSPS) is 18.1. The van der Waals surface area contributed by atoms with E-state index in [1.807, 2.05) is 37.0 Å². The fraction of sp³-hybridized carbons (Fsp3) is 0.643. The summed E-state index contributed by atoms with van der Waals surface area (Å²) >= 11 is 0. The van der Waals surface area contributed by atoms with Crippen LogP contribution in [0, 0.1) is 0 Å². The molecule has 4 nitrogen and oxygen atoms in total. The molecule has 0 N–H and O–H groups in total. The Labute approximate surface area is 109 Å². The van der Waals surface area contributed by atoms with Crippen molar-refractivity contribution in [3.8, 4) is 0 Å². The monoisotopic (exact) mass is 250 g/mol. The molecule has 2 rings (SSSR count). The van der Waals surface area contributed by atoms with Crippen LogP contribution in [0.4, 0.5) is 0 Å². The number of likely N-dealkylation sites (tertiary alicyclic amines) is 1. The van der Waals surface area contributed by atoms with E-state index in [2.05, 4.69) is 4.90 Å². The molecule has 0 radical (unpaired) electrons. The van der Waals surface area contributed by atoms with Gasteiger partial charge in [0.25, 0.3) is 0 Å². The molecule has 0 atom stereocenters. The number of Topliss-reactive ketones (excluding diaryl/α,β-unsaturated/α-hetero) is 1. The van der Waals surface area contributed by atoms with Gasteiger partial charge in [0.2, 0.25) is 0 Å². The Hall–Kier alpha value is -1.13. The number of ketones is 1. The highest BCUT2D eigenvalue weighted by molar-refractivity contribution is 5.97. The van der Waals surface area contributed by atoms with E-state index < -0.39 is 0 Å². The smallest absolute Gasteiger partial charge is 0.178 e. The second-order valence-corrected chi connectivity index (χ2v) is 4.92. The Morgan fingerprint density at radius 3 is 2.72 bits per heavy atom. The van der Waals surface area contributed by atoms with Gasteiger partial charge in [-0.3, -0.25) is 9.69 Å². The average molecular weight is 250 g/mol. The van der Waals surface area contributed by atoms with Gasteiger partial charge < -0.3 is 9.30 Å².